The number of fused-ring (bicyclic) bond motifs is 1. The van der Waals surface area contributed by atoms with Gasteiger partial charge in [-0.05, 0) is 6.07 Å². The SMILES string of the molecule is NC(=O)c1cc2c(N)csc2s1. The molecule has 0 unspecified atom stereocenters. The zero-order chi connectivity index (χ0) is 8.72. The second-order valence-electron chi connectivity index (χ2n) is 2.37. The van der Waals surface area contributed by atoms with Crippen LogP contribution in [-0.4, -0.2) is 5.91 Å². The van der Waals surface area contributed by atoms with Crippen molar-refractivity contribution in [2.24, 2.45) is 5.73 Å². The highest BCUT2D eigenvalue weighted by Crippen LogP contribution is 2.34. The van der Waals surface area contributed by atoms with Crippen molar-refractivity contribution >= 4 is 43.7 Å². The number of primary amides is 1. The molecular weight excluding hydrogens is 192 g/mol. The maximum Gasteiger partial charge on any atom is 0.258 e. The van der Waals surface area contributed by atoms with Crippen molar-refractivity contribution in [3.8, 4) is 0 Å². The molecule has 62 valence electrons. The van der Waals surface area contributed by atoms with Crippen molar-refractivity contribution < 1.29 is 4.79 Å². The lowest BCUT2D eigenvalue weighted by atomic mass is 10.3. The number of thiophene rings is 2. The lowest BCUT2D eigenvalue weighted by Crippen LogP contribution is -2.08. The monoisotopic (exact) mass is 198 g/mol. The van der Waals surface area contributed by atoms with E-state index in [0.29, 0.717) is 4.88 Å². The normalized spacial score (nSPS) is 10.7. The fraction of sp³-hybridized carbons (Fsp3) is 0. The number of anilines is 1. The van der Waals surface area contributed by atoms with Gasteiger partial charge in [0.2, 0.25) is 0 Å². The minimum absolute atomic E-state index is 0.386. The van der Waals surface area contributed by atoms with Crippen LogP contribution in [0.3, 0.4) is 0 Å². The minimum Gasteiger partial charge on any atom is -0.398 e. The minimum atomic E-state index is -0.386. The molecule has 0 aliphatic rings. The van der Waals surface area contributed by atoms with Gasteiger partial charge in [-0.2, -0.15) is 0 Å². The van der Waals surface area contributed by atoms with Crippen molar-refractivity contribution in [3.05, 3.63) is 16.3 Å². The van der Waals surface area contributed by atoms with Gasteiger partial charge in [-0.3, -0.25) is 4.79 Å². The lowest BCUT2D eigenvalue weighted by molar-refractivity contribution is 0.100. The Kier molecular flexibility index (Phi) is 1.55. The molecule has 1 amide bonds. The maximum atomic E-state index is 10.8. The lowest BCUT2D eigenvalue weighted by Gasteiger charge is -1.83. The van der Waals surface area contributed by atoms with Gasteiger partial charge < -0.3 is 11.5 Å². The maximum absolute atomic E-state index is 10.8. The van der Waals surface area contributed by atoms with E-state index in [1.54, 1.807) is 6.07 Å². The van der Waals surface area contributed by atoms with E-state index in [2.05, 4.69) is 0 Å². The van der Waals surface area contributed by atoms with E-state index in [1.807, 2.05) is 5.38 Å². The average molecular weight is 198 g/mol. The van der Waals surface area contributed by atoms with Crippen LogP contribution in [0.5, 0.6) is 0 Å². The molecule has 2 aromatic heterocycles. The molecule has 4 N–H and O–H groups in total. The van der Waals surface area contributed by atoms with E-state index in [-0.39, 0.29) is 5.91 Å². The van der Waals surface area contributed by atoms with E-state index in [4.69, 9.17) is 11.5 Å². The van der Waals surface area contributed by atoms with Gasteiger partial charge in [0.25, 0.3) is 5.91 Å². The van der Waals surface area contributed by atoms with Crippen molar-refractivity contribution in [2.75, 3.05) is 5.73 Å². The number of hydrogen-bond donors (Lipinski definition) is 2. The van der Waals surface area contributed by atoms with Gasteiger partial charge in [0.15, 0.2) is 0 Å². The Balaban J connectivity index is 2.70. The number of rotatable bonds is 1. The Morgan fingerprint density at radius 3 is 2.83 bits per heavy atom. The topological polar surface area (TPSA) is 69.1 Å². The first-order valence-corrected chi connectivity index (χ1v) is 4.94. The molecule has 0 radical (unpaired) electrons. The first-order chi connectivity index (χ1) is 5.68. The molecule has 0 spiro atoms. The summed E-state index contributed by atoms with van der Waals surface area (Å²) in [6.45, 7) is 0. The third kappa shape index (κ3) is 0.981. The van der Waals surface area contributed by atoms with E-state index in [1.165, 1.54) is 22.7 Å². The van der Waals surface area contributed by atoms with Gasteiger partial charge in [-0.25, -0.2) is 0 Å². The molecule has 3 nitrogen and oxygen atoms in total. The van der Waals surface area contributed by atoms with E-state index in [9.17, 15) is 4.79 Å². The predicted molar refractivity (Wildman–Crippen MR) is 52.6 cm³/mol. The average Bonchev–Trinajstić information content (AvgIpc) is 2.53. The molecule has 0 saturated heterocycles. The fourth-order valence-electron chi connectivity index (χ4n) is 0.965. The summed E-state index contributed by atoms with van der Waals surface area (Å²) in [5, 5.41) is 2.81. The van der Waals surface area contributed by atoms with Crippen LogP contribution >= 0.6 is 22.7 Å². The van der Waals surface area contributed by atoms with Gasteiger partial charge in [-0.1, -0.05) is 0 Å². The highest BCUT2D eigenvalue weighted by molar-refractivity contribution is 7.38. The Hall–Kier alpha value is -1.07. The summed E-state index contributed by atoms with van der Waals surface area (Å²) >= 11 is 2.93. The molecule has 0 bridgehead atoms. The summed E-state index contributed by atoms with van der Waals surface area (Å²) in [6, 6.07) is 1.74. The zero-order valence-electron chi connectivity index (χ0n) is 6.03. The number of amides is 1. The third-order valence-electron chi connectivity index (χ3n) is 1.54. The molecule has 0 aromatic carbocycles. The molecule has 0 atom stereocenters. The highest BCUT2D eigenvalue weighted by atomic mass is 32.2. The standard InChI is InChI=1S/C7H6N2OS2/c8-4-2-11-7-3(4)1-5(12-7)6(9)10/h1-2H,8H2,(H2,9,10). The van der Waals surface area contributed by atoms with Gasteiger partial charge in [-0.15, -0.1) is 22.7 Å². The van der Waals surface area contributed by atoms with Crippen molar-refractivity contribution in [1.29, 1.82) is 0 Å². The molecule has 5 heteroatoms. The number of nitrogens with two attached hydrogens (primary N) is 2. The predicted octanol–water partition coefficient (Wildman–Crippen LogP) is 1.64. The van der Waals surface area contributed by atoms with Crippen molar-refractivity contribution in [3.63, 3.8) is 0 Å². The van der Waals surface area contributed by atoms with E-state index >= 15 is 0 Å². The van der Waals surface area contributed by atoms with Gasteiger partial charge >= 0.3 is 0 Å². The summed E-state index contributed by atoms with van der Waals surface area (Å²) in [6.07, 6.45) is 0. The van der Waals surface area contributed by atoms with Crippen LogP contribution < -0.4 is 11.5 Å². The van der Waals surface area contributed by atoms with E-state index < -0.39 is 0 Å². The first-order valence-electron chi connectivity index (χ1n) is 3.25. The number of hydrogen-bond acceptors (Lipinski definition) is 4. The van der Waals surface area contributed by atoms with Crippen molar-refractivity contribution in [1.82, 2.24) is 0 Å². The van der Waals surface area contributed by atoms with Crippen LogP contribution in [0.25, 0.3) is 9.40 Å². The van der Waals surface area contributed by atoms with Crippen LogP contribution in [0.15, 0.2) is 11.4 Å². The smallest absolute Gasteiger partial charge is 0.258 e. The van der Waals surface area contributed by atoms with Crippen LogP contribution in [0.4, 0.5) is 5.69 Å². The molecule has 0 aliphatic heterocycles. The first kappa shape index (κ1) is 7.57. The largest absolute Gasteiger partial charge is 0.398 e. The quantitative estimate of drug-likeness (QED) is 0.731. The summed E-state index contributed by atoms with van der Waals surface area (Å²) in [5.74, 6) is -0.386. The van der Waals surface area contributed by atoms with Gasteiger partial charge in [0.05, 0.1) is 14.6 Å². The molecule has 12 heavy (non-hydrogen) atoms. The second-order valence-corrected chi connectivity index (χ2v) is 4.56. The number of carbonyl (C=O) groups is 1. The van der Waals surface area contributed by atoms with Crippen LogP contribution in [0.1, 0.15) is 9.67 Å². The molecule has 2 heterocycles. The molecule has 0 saturated carbocycles. The molecule has 0 aliphatic carbocycles. The summed E-state index contributed by atoms with van der Waals surface area (Å²) in [4.78, 5) is 11.3. The Labute approximate surface area is 76.6 Å². The van der Waals surface area contributed by atoms with Gasteiger partial charge in [0.1, 0.15) is 0 Å². The zero-order valence-corrected chi connectivity index (χ0v) is 7.67. The Morgan fingerprint density at radius 2 is 2.25 bits per heavy atom. The Morgan fingerprint density at radius 1 is 1.50 bits per heavy atom. The van der Waals surface area contributed by atoms with Crippen LogP contribution in [0.2, 0.25) is 0 Å². The summed E-state index contributed by atoms with van der Waals surface area (Å²) < 4.78 is 1.06. The molecule has 0 fully saturated rings. The molecule has 2 rings (SSSR count). The summed E-state index contributed by atoms with van der Waals surface area (Å²) in [7, 11) is 0. The summed E-state index contributed by atoms with van der Waals surface area (Å²) in [5.41, 5.74) is 11.5. The molecular formula is C7H6N2OS2. The van der Waals surface area contributed by atoms with E-state index in [0.717, 1.165) is 15.1 Å². The van der Waals surface area contributed by atoms with Gasteiger partial charge in [0, 0.05) is 10.8 Å². The van der Waals surface area contributed by atoms with Crippen LogP contribution in [-0.2, 0) is 0 Å². The highest BCUT2D eigenvalue weighted by Gasteiger charge is 2.09. The fourth-order valence-corrected chi connectivity index (χ4v) is 3.00. The Bertz CT molecular complexity index is 443. The van der Waals surface area contributed by atoms with Crippen LogP contribution in [0, 0.1) is 0 Å². The number of nitrogen functional groups attached to an aromatic ring is 1. The number of carbonyl (C=O) groups excluding carboxylic acids is 1. The van der Waals surface area contributed by atoms with Crippen molar-refractivity contribution in [2.45, 2.75) is 0 Å². The third-order valence-corrected chi connectivity index (χ3v) is 3.83. The second kappa shape index (κ2) is 2.46. The molecule has 2 aromatic rings.